The molecule has 2 aromatic rings. The van der Waals surface area contributed by atoms with Gasteiger partial charge in [-0.15, -0.1) is 0 Å². The topological polar surface area (TPSA) is 99.1 Å². The largest absolute Gasteiger partial charge is 0.378 e. The van der Waals surface area contributed by atoms with Gasteiger partial charge in [-0.3, -0.25) is 0 Å². The third kappa shape index (κ3) is 2.01. The normalized spacial score (nSPS) is 11.6. The van der Waals surface area contributed by atoms with Crippen molar-refractivity contribution < 1.29 is 13.0 Å². The first-order valence-electron chi connectivity index (χ1n) is 4.97. The van der Waals surface area contributed by atoms with Crippen molar-refractivity contribution in [1.82, 2.24) is 10.3 Å². The maximum atomic E-state index is 12.1. The van der Waals surface area contributed by atoms with Crippen LogP contribution in [0.15, 0.2) is 38.8 Å². The van der Waals surface area contributed by atoms with Crippen LogP contribution in [0.3, 0.4) is 0 Å². The number of hydrogen-bond donors (Lipinski definition) is 1. The molecule has 17 heavy (non-hydrogen) atoms. The summed E-state index contributed by atoms with van der Waals surface area (Å²) in [6.45, 7) is 1.99. The van der Waals surface area contributed by atoms with Crippen molar-refractivity contribution in [2.45, 2.75) is 23.3 Å². The molecular formula is C10H11N3O3S. The van der Waals surface area contributed by atoms with Crippen molar-refractivity contribution in [3.63, 3.8) is 0 Å². The Morgan fingerprint density at radius 2 is 1.88 bits per heavy atom. The number of anilines is 1. The van der Waals surface area contributed by atoms with Gasteiger partial charge in [0.05, 0.1) is 4.90 Å². The summed E-state index contributed by atoms with van der Waals surface area (Å²) in [5.41, 5.74) is 6.42. The number of nitrogens with zero attached hydrogens (tertiary/aromatic N) is 2. The first-order chi connectivity index (χ1) is 8.05. The fraction of sp³-hybridized carbons (Fsp3) is 0.200. The van der Waals surface area contributed by atoms with Gasteiger partial charge in [0.2, 0.25) is 20.7 Å². The van der Waals surface area contributed by atoms with Gasteiger partial charge in [-0.1, -0.05) is 19.1 Å². The van der Waals surface area contributed by atoms with Crippen molar-refractivity contribution in [2.24, 2.45) is 0 Å². The van der Waals surface area contributed by atoms with Crippen molar-refractivity contribution in [3.8, 4) is 0 Å². The summed E-state index contributed by atoms with van der Waals surface area (Å²) >= 11 is 0. The van der Waals surface area contributed by atoms with Crippen LogP contribution in [0.4, 0.5) is 5.82 Å². The molecule has 1 aromatic carbocycles. The first-order valence-corrected chi connectivity index (χ1v) is 6.46. The lowest BCUT2D eigenvalue weighted by Gasteiger charge is -2.02. The van der Waals surface area contributed by atoms with Crippen LogP contribution in [0.25, 0.3) is 0 Å². The van der Waals surface area contributed by atoms with E-state index < -0.39 is 9.84 Å². The molecule has 0 fully saturated rings. The van der Waals surface area contributed by atoms with E-state index in [1.54, 1.807) is 12.1 Å². The molecule has 0 saturated carbocycles. The molecule has 2 N–H and O–H groups in total. The minimum atomic E-state index is -3.74. The molecule has 0 aliphatic heterocycles. The highest BCUT2D eigenvalue weighted by molar-refractivity contribution is 7.91. The van der Waals surface area contributed by atoms with E-state index in [-0.39, 0.29) is 15.7 Å². The molecule has 0 spiro atoms. The third-order valence-corrected chi connectivity index (χ3v) is 4.06. The molecule has 1 heterocycles. The summed E-state index contributed by atoms with van der Waals surface area (Å²) in [7, 11) is -3.74. The molecule has 0 atom stereocenters. The van der Waals surface area contributed by atoms with Crippen molar-refractivity contribution in [2.75, 3.05) is 5.73 Å². The van der Waals surface area contributed by atoms with Gasteiger partial charge in [-0.25, -0.2) is 13.0 Å². The lowest BCUT2D eigenvalue weighted by atomic mass is 10.2. The average Bonchev–Trinajstić information content (AvgIpc) is 2.76. The van der Waals surface area contributed by atoms with Crippen LogP contribution in [-0.2, 0) is 16.3 Å². The minimum absolute atomic E-state index is 0.122. The number of rotatable bonds is 3. The second-order valence-electron chi connectivity index (χ2n) is 3.46. The number of sulfone groups is 1. The van der Waals surface area contributed by atoms with Crippen LogP contribution in [-0.4, -0.2) is 18.7 Å². The maximum Gasteiger partial charge on any atom is 0.247 e. The zero-order valence-corrected chi connectivity index (χ0v) is 9.94. The van der Waals surface area contributed by atoms with Crippen LogP contribution < -0.4 is 5.73 Å². The molecule has 0 saturated heterocycles. The Hall–Kier alpha value is -1.89. The molecule has 0 radical (unpaired) electrons. The van der Waals surface area contributed by atoms with Gasteiger partial charge >= 0.3 is 0 Å². The number of nitrogens with two attached hydrogens (primary N) is 1. The molecule has 90 valence electrons. The number of hydrogen-bond acceptors (Lipinski definition) is 6. The molecule has 0 bridgehead atoms. The molecule has 0 amide bonds. The van der Waals surface area contributed by atoms with Crippen LogP contribution in [0.5, 0.6) is 0 Å². The Balaban J connectivity index is 2.49. The van der Waals surface area contributed by atoms with E-state index in [2.05, 4.69) is 14.9 Å². The Kier molecular flexibility index (Phi) is 2.84. The van der Waals surface area contributed by atoms with Crippen molar-refractivity contribution >= 4 is 15.7 Å². The van der Waals surface area contributed by atoms with Gasteiger partial charge in [0.25, 0.3) is 0 Å². The number of nitrogen functional groups attached to an aromatic ring is 1. The molecule has 0 aliphatic rings. The van der Waals surface area contributed by atoms with Crippen molar-refractivity contribution in [3.05, 3.63) is 29.8 Å². The quantitative estimate of drug-likeness (QED) is 0.877. The number of benzene rings is 1. The smallest absolute Gasteiger partial charge is 0.247 e. The van der Waals surface area contributed by atoms with E-state index in [1.807, 2.05) is 6.92 Å². The Labute approximate surface area is 98.3 Å². The Bertz CT molecular complexity index is 617. The zero-order valence-electron chi connectivity index (χ0n) is 9.12. The third-order valence-electron chi connectivity index (χ3n) is 2.38. The van der Waals surface area contributed by atoms with Gasteiger partial charge in [0.15, 0.2) is 0 Å². The van der Waals surface area contributed by atoms with Gasteiger partial charge in [-0.2, -0.15) is 0 Å². The summed E-state index contributed by atoms with van der Waals surface area (Å²) in [5, 5.41) is 6.22. The summed E-state index contributed by atoms with van der Waals surface area (Å²) in [4.78, 5) is 0.122. The van der Waals surface area contributed by atoms with E-state index in [4.69, 9.17) is 5.73 Å². The number of aromatic nitrogens is 2. The summed E-state index contributed by atoms with van der Waals surface area (Å²) < 4.78 is 28.4. The summed E-state index contributed by atoms with van der Waals surface area (Å²) in [6.07, 6.45) is 0.841. The highest BCUT2D eigenvalue weighted by Crippen LogP contribution is 2.22. The van der Waals surface area contributed by atoms with Crippen LogP contribution >= 0.6 is 0 Å². The summed E-state index contributed by atoms with van der Waals surface area (Å²) in [5.74, 6) is -0.232. The Morgan fingerprint density at radius 1 is 1.24 bits per heavy atom. The fourth-order valence-electron chi connectivity index (χ4n) is 1.39. The average molecular weight is 253 g/mol. The predicted molar refractivity (Wildman–Crippen MR) is 60.0 cm³/mol. The van der Waals surface area contributed by atoms with Gasteiger partial charge in [0.1, 0.15) is 0 Å². The molecule has 0 unspecified atom stereocenters. The second kappa shape index (κ2) is 4.17. The first kappa shape index (κ1) is 11.6. The van der Waals surface area contributed by atoms with Gasteiger partial charge in [-0.05, 0) is 34.4 Å². The molecule has 7 heteroatoms. The van der Waals surface area contributed by atoms with Crippen molar-refractivity contribution in [1.29, 1.82) is 0 Å². The van der Waals surface area contributed by atoms with E-state index in [0.717, 1.165) is 12.0 Å². The molecule has 1 aromatic heterocycles. The minimum Gasteiger partial charge on any atom is -0.378 e. The molecule has 0 aliphatic carbocycles. The lowest BCUT2D eigenvalue weighted by Crippen LogP contribution is -2.05. The van der Waals surface area contributed by atoms with E-state index in [0.29, 0.717) is 0 Å². The molecular weight excluding hydrogens is 242 g/mol. The van der Waals surface area contributed by atoms with E-state index in [9.17, 15) is 8.42 Å². The van der Waals surface area contributed by atoms with Gasteiger partial charge in [0, 0.05) is 0 Å². The lowest BCUT2D eigenvalue weighted by molar-refractivity contribution is 0.298. The molecule has 6 nitrogen and oxygen atoms in total. The van der Waals surface area contributed by atoms with Crippen LogP contribution in [0, 0.1) is 0 Å². The highest BCUT2D eigenvalue weighted by Gasteiger charge is 2.25. The maximum absolute atomic E-state index is 12.1. The summed E-state index contributed by atoms with van der Waals surface area (Å²) in [6, 6.07) is 6.53. The number of aryl methyl sites for hydroxylation is 1. The zero-order chi connectivity index (χ0) is 12.5. The predicted octanol–water partition coefficient (Wildman–Crippen LogP) is 1.05. The SMILES string of the molecule is CCc1ccc(S(=O)(=O)c2nonc2N)cc1. The monoisotopic (exact) mass is 253 g/mol. The van der Waals surface area contributed by atoms with Gasteiger partial charge < -0.3 is 5.73 Å². The Morgan fingerprint density at radius 3 is 2.35 bits per heavy atom. The van der Waals surface area contributed by atoms with E-state index in [1.165, 1.54) is 12.1 Å². The van der Waals surface area contributed by atoms with Crippen LogP contribution in [0.2, 0.25) is 0 Å². The van der Waals surface area contributed by atoms with E-state index >= 15 is 0 Å². The fourth-order valence-corrected chi connectivity index (χ4v) is 2.55. The highest BCUT2D eigenvalue weighted by atomic mass is 32.2. The molecule has 2 rings (SSSR count). The second-order valence-corrected chi connectivity index (χ2v) is 5.32. The van der Waals surface area contributed by atoms with Crippen LogP contribution in [0.1, 0.15) is 12.5 Å². The standard InChI is InChI=1S/C10H11N3O3S/c1-2-7-3-5-8(6-4-7)17(14,15)10-9(11)12-16-13-10/h3-6H,2H2,1H3,(H2,11,12).